The number of ether oxygens (including phenoxy) is 3. The lowest BCUT2D eigenvalue weighted by Crippen LogP contribution is -2.23. The van der Waals surface area contributed by atoms with E-state index < -0.39 is 18.5 Å². The third kappa shape index (κ3) is 4.98. The minimum atomic E-state index is -0.620. The predicted octanol–water partition coefficient (Wildman–Crippen LogP) is 3.48. The number of nitrogens with one attached hydrogen (secondary N) is 1. The first-order valence-electron chi connectivity index (χ1n) is 8.54. The molecule has 0 bridgehead atoms. The molecule has 0 aliphatic carbocycles. The molecular formula is C20H20N2O5S. The molecule has 1 N–H and O–H groups in total. The van der Waals surface area contributed by atoms with Gasteiger partial charge in [-0.2, -0.15) is 0 Å². The predicted molar refractivity (Wildman–Crippen MR) is 107 cm³/mol. The summed E-state index contributed by atoms with van der Waals surface area (Å²) in [4.78, 5) is 28.1. The van der Waals surface area contributed by atoms with Crippen LogP contribution < -0.4 is 14.8 Å². The van der Waals surface area contributed by atoms with Crippen LogP contribution in [0.4, 0.5) is 5.13 Å². The number of esters is 1. The van der Waals surface area contributed by atoms with Crippen LogP contribution in [0.5, 0.6) is 11.5 Å². The molecule has 0 fully saturated rings. The molecule has 0 radical (unpaired) electrons. The number of thiazole rings is 1. The molecule has 0 spiro atoms. The summed E-state index contributed by atoms with van der Waals surface area (Å²) in [6, 6.07) is 11.2. The molecule has 0 atom stereocenters. The van der Waals surface area contributed by atoms with Crippen LogP contribution in [0.1, 0.15) is 11.1 Å². The Balaban J connectivity index is 1.48. The van der Waals surface area contributed by atoms with Crippen LogP contribution in [0, 0.1) is 13.8 Å². The quantitative estimate of drug-likeness (QED) is 0.611. The number of fused-ring (bicyclic) bond motifs is 1. The van der Waals surface area contributed by atoms with E-state index in [9.17, 15) is 9.59 Å². The number of nitrogens with zero attached hydrogens (tertiary/aromatic N) is 1. The average Bonchev–Trinajstić information content (AvgIpc) is 3.08. The summed E-state index contributed by atoms with van der Waals surface area (Å²) in [5, 5.41) is 3.05. The zero-order valence-electron chi connectivity index (χ0n) is 15.8. The number of aromatic nitrogens is 1. The van der Waals surface area contributed by atoms with Crippen LogP contribution in [0.25, 0.3) is 10.2 Å². The summed E-state index contributed by atoms with van der Waals surface area (Å²) in [5.41, 5.74) is 2.70. The van der Waals surface area contributed by atoms with Crippen molar-refractivity contribution in [2.24, 2.45) is 0 Å². The van der Waals surface area contributed by atoms with Gasteiger partial charge in [0.25, 0.3) is 5.91 Å². The molecule has 1 amide bonds. The van der Waals surface area contributed by atoms with Gasteiger partial charge in [-0.25, -0.2) is 9.78 Å². The summed E-state index contributed by atoms with van der Waals surface area (Å²) in [6.07, 6.45) is 0. The number of benzene rings is 2. The van der Waals surface area contributed by atoms with Gasteiger partial charge in [0.15, 0.2) is 18.3 Å². The molecule has 28 heavy (non-hydrogen) atoms. The maximum absolute atomic E-state index is 12.0. The fraction of sp³-hybridized carbons (Fsp3) is 0.250. The van der Waals surface area contributed by atoms with E-state index in [1.54, 1.807) is 13.2 Å². The van der Waals surface area contributed by atoms with Crippen LogP contribution in [0.2, 0.25) is 0 Å². The fourth-order valence-corrected chi connectivity index (χ4v) is 3.34. The van der Waals surface area contributed by atoms with Gasteiger partial charge < -0.3 is 14.2 Å². The summed E-state index contributed by atoms with van der Waals surface area (Å²) in [6.45, 7) is 3.15. The molecule has 1 aromatic heterocycles. The summed E-state index contributed by atoms with van der Waals surface area (Å²) >= 11 is 1.31. The molecule has 0 unspecified atom stereocenters. The van der Waals surface area contributed by atoms with Crippen LogP contribution in [0.3, 0.4) is 0 Å². The number of amides is 1. The highest BCUT2D eigenvalue weighted by Gasteiger charge is 2.12. The number of methoxy groups -OCH3 is 1. The molecule has 3 rings (SSSR count). The topological polar surface area (TPSA) is 86.8 Å². The van der Waals surface area contributed by atoms with Crippen LogP contribution >= 0.6 is 11.3 Å². The molecule has 1 heterocycles. The lowest BCUT2D eigenvalue weighted by atomic mass is 10.1. The summed E-state index contributed by atoms with van der Waals surface area (Å²) in [7, 11) is 1.59. The number of carbonyl (C=O) groups excluding carboxylic acids is 2. The molecule has 0 aliphatic rings. The number of hydrogen-bond acceptors (Lipinski definition) is 7. The van der Waals surface area contributed by atoms with Crippen LogP contribution in [-0.2, 0) is 14.3 Å². The van der Waals surface area contributed by atoms with E-state index in [0.717, 1.165) is 21.3 Å². The SMILES string of the molecule is COc1ccc2nc(NC(=O)COC(=O)COc3cc(C)ccc3C)sc2c1. The van der Waals surface area contributed by atoms with Crippen LogP contribution in [0.15, 0.2) is 36.4 Å². The van der Waals surface area contributed by atoms with Crippen molar-refractivity contribution in [1.82, 2.24) is 4.98 Å². The smallest absolute Gasteiger partial charge is 0.344 e. The third-order valence-electron chi connectivity index (χ3n) is 3.90. The standard InChI is InChI=1S/C20H20N2O5S/c1-12-4-5-13(2)16(8-12)26-11-19(24)27-10-18(23)22-20-21-15-7-6-14(25-3)9-17(15)28-20/h4-9H,10-11H2,1-3H3,(H,21,22,23). The third-order valence-corrected chi connectivity index (χ3v) is 4.83. The molecule has 0 aliphatic heterocycles. The first-order valence-corrected chi connectivity index (χ1v) is 9.36. The summed E-state index contributed by atoms with van der Waals surface area (Å²) in [5.74, 6) is 0.245. The van der Waals surface area contributed by atoms with Gasteiger partial charge in [-0.15, -0.1) is 0 Å². The van der Waals surface area contributed by atoms with Crippen molar-refractivity contribution in [3.05, 3.63) is 47.5 Å². The molecule has 2 aromatic carbocycles. The van der Waals surface area contributed by atoms with Gasteiger partial charge in [0.1, 0.15) is 11.5 Å². The number of carbonyl (C=O) groups is 2. The van der Waals surface area contributed by atoms with Crippen molar-refractivity contribution in [3.8, 4) is 11.5 Å². The maximum atomic E-state index is 12.0. The number of hydrogen-bond donors (Lipinski definition) is 1. The minimum absolute atomic E-state index is 0.265. The monoisotopic (exact) mass is 400 g/mol. The van der Waals surface area contributed by atoms with Crippen molar-refractivity contribution in [3.63, 3.8) is 0 Å². The molecular weight excluding hydrogens is 380 g/mol. The lowest BCUT2D eigenvalue weighted by molar-refractivity contribution is -0.149. The second-order valence-electron chi connectivity index (χ2n) is 6.12. The van der Waals surface area contributed by atoms with E-state index in [4.69, 9.17) is 14.2 Å². The highest BCUT2D eigenvalue weighted by Crippen LogP contribution is 2.29. The Morgan fingerprint density at radius 2 is 1.93 bits per heavy atom. The number of rotatable bonds is 7. The molecule has 3 aromatic rings. The van der Waals surface area contributed by atoms with E-state index in [-0.39, 0.29) is 6.61 Å². The van der Waals surface area contributed by atoms with Crippen molar-refractivity contribution < 1.29 is 23.8 Å². The molecule has 8 heteroatoms. The van der Waals surface area contributed by atoms with Gasteiger partial charge in [0.05, 0.1) is 17.3 Å². The second-order valence-corrected chi connectivity index (χ2v) is 7.15. The number of aryl methyl sites for hydroxylation is 2. The minimum Gasteiger partial charge on any atom is -0.497 e. The Morgan fingerprint density at radius 1 is 1.11 bits per heavy atom. The largest absolute Gasteiger partial charge is 0.497 e. The number of anilines is 1. The van der Waals surface area contributed by atoms with Crippen molar-refractivity contribution in [2.75, 3.05) is 25.6 Å². The lowest BCUT2D eigenvalue weighted by Gasteiger charge is -2.09. The van der Waals surface area contributed by atoms with Gasteiger partial charge in [0.2, 0.25) is 0 Å². The Hall–Kier alpha value is -3.13. The highest BCUT2D eigenvalue weighted by molar-refractivity contribution is 7.22. The zero-order valence-corrected chi connectivity index (χ0v) is 16.6. The van der Waals surface area contributed by atoms with E-state index in [1.165, 1.54) is 11.3 Å². The normalized spacial score (nSPS) is 10.5. The Kier molecular flexibility index (Phi) is 6.10. The van der Waals surface area contributed by atoms with E-state index >= 15 is 0 Å². The van der Waals surface area contributed by atoms with E-state index in [0.29, 0.717) is 16.6 Å². The van der Waals surface area contributed by atoms with Crippen molar-refractivity contribution >= 4 is 38.6 Å². The zero-order chi connectivity index (χ0) is 20.1. The average molecular weight is 400 g/mol. The first kappa shape index (κ1) is 19.6. The second kappa shape index (κ2) is 8.71. The van der Waals surface area contributed by atoms with Gasteiger partial charge in [-0.05, 0) is 49.2 Å². The van der Waals surface area contributed by atoms with Gasteiger partial charge in [-0.3, -0.25) is 10.1 Å². The summed E-state index contributed by atoms with van der Waals surface area (Å²) < 4.78 is 16.5. The Labute approximate surface area is 166 Å². The molecule has 146 valence electrons. The van der Waals surface area contributed by atoms with Crippen LogP contribution in [-0.4, -0.2) is 37.2 Å². The van der Waals surface area contributed by atoms with E-state index in [1.807, 2.05) is 44.2 Å². The fourth-order valence-electron chi connectivity index (χ4n) is 2.43. The molecule has 7 nitrogen and oxygen atoms in total. The van der Waals surface area contributed by atoms with Crippen molar-refractivity contribution in [2.45, 2.75) is 13.8 Å². The van der Waals surface area contributed by atoms with Gasteiger partial charge in [-0.1, -0.05) is 23.5 Å². The Bertz CT molecular complexity index is 1010. The Morgan fingerprint density at radius 3 is 2.71 bits per heavy atom. The first-order chi connectivity index (χ1) is 13.4. The maximum Gasteiger partial charge on any atom is 0.344 e. The van der Waals surface area contributed by atoms with E-state index in [2.05, 4.69) is 10.3 Å². The van der Waals surface area contributed by atoms with Gasteiger partial charge in [0, 0.05) is 0 Å². The molecule has 0 saturated heterocycles. The highest BCUT2D eigenvalue weighted by atomic mass is 32.1. The van der Waals surface area contributed by atoms with Crippen molar-refractivity contribution in [1.29, 1.82) is 0 Å². The molecule has 0 saturated carbocycles. The van der Waals surface area contributed by atoms with Gasteiger partial charge >= 0.3 is 5.97 Å².